The summed E-state index contributed by atoms with van der Waals surface area (Å²) in [6, 6.07) is 26.9. The monoisotopic (exact) mass is 440 g/mol. The minimum Gasteiger partial charge on any atom is -0.495 e. The van der Waals surface area contributed by atoms with Crippen LogP contribution < -0.4 is 10.1 Å². The van der Waals surface area contributed by atoms with E-state index in [0.29, 0.717) is 12.0 Å². The molecule has 3 aliphatic heterocycles. The summed E-state index contributed by atoms with van der Waals surface area (Å²) in [4.78, 5) is 2.75. The molecule has 0 saturated carbocycles. The van der Waals surface area contributed by atoms with Crippen LogP contribution in [0.5, 0.6) is 5.75 Å². The molecule has 0 amide bonds. The number of nitrogens with one attached hydrogen (secondary N) is 1. The number of methoxy groups -OCH3 is 1. The van der Waals surface area contributed by atoms with Gasteiger partial charge in [-0.05, 0) is 87.0 Å². The molecule has 3 aromatic rings. The number of nitrogens with zero attached hydrogens (tertiary/aromatic N) is 1. The quantitative estimate of drug-likeness (QED) is 0.479. The van der Waals surface area contributed by atoms with Gasteiger partial charge in [-0.2, -0.15) is 0 Å². The van der Waals surface area contributed by atoms with Crippen molar-refractivity contribution in [2.75, 3.05) is 25.5 Å². The fraction of sp³-hybridized carbons (Fsp3) is 0.400. The molecule has 0 unspecified atom stereocenters. The highest BCUT2D eigenvalue weighted by Crippen LogP contribution is 2.51. The van der Waals surface area contributed by atoms with Crippen LogP contribution in [0.15, 0.2) is 72.8 Å². The number of fused-ring (bicyclic) bond motifs is 3. The number of benzene rings is 3. The molecule has 2 atom stereocenters. The molecule has 172 valence electrons. The smallest absolute Gasteiger partial charge is 0.142 e. The molecule has 33 heavy (non-hydrogen) atoms. The van der Waals surface area contributed by atoms with Crippen LogP contribution in [0.25, 0.3) is 0 Å². The predicted molar refractivity (Wildman–Crippen MR) is 137 cm³/mol. The minimum atomic E-state index is -0.0618. The van der Waals surface area contributed by atoms with Crippen molar-refractivity contribution in [3.63, 3.8) is 0 Å². The molecular formula is C30H36N2O. The molecule has 3 heteroatoms. The molecule has 0 aromatic heterocycles. The van der Waals surface area contributed by atoms with Gasteiger partial charge in [0.2, 0.25) is 0 Å². The van der Waals surface area contributed by atoms with Crippen molar-refractivity contribution < 1.29 is 4.74 Å². The Hall–Kier alpha value is -2.78. The number of hydrogen-bond acceptors (Lipinski definition) is 3. The van der Waals surface area contributed by atoms with Crippen LogP contribution in [0.3, 0.4) is 0 Å². The highest BCUT2D eigenvalue weighted by atomic mass is 16.5. The zero-order valence-corrected chi connectivity index (χ0v) is 20.3. The van der Waals surface area contributed by atoms with Crippen molar-refractivity contribution in [3.8, 4) is 5.75 Å². The fourth-order valence-electron chi connectivity index (χ4n) is 6.41. The van der Waals surface area contributed by atoms with Gasteiger partial charge in [-0.25, -0.2) is 0 Å². The maximum Gasteiger partial charge on any atom is 0.142 e. The maximum absolute atomic E-state index is 5.82. The van der Waals surface area contributed by atoms with E-state index in [9.17, 15) is 0 Å². The van der Waals surface area contributed by atoms with Gasteiger partial charge in [-0.3, -0.25) is 4.90 Å². The van der Waals surface area contributed by atoms with Crippen LogP contribution in [0.2, 0.25) is 0 Å². The third-order valence-electron chi connectivity index (χ3n) is 8.30. The molecule has 3 nitrogen and oxygen atoms in total. The Labute approximate surface area is 198 Å². The van der Waals surface area contributed by atoms with Gasteiger partial charge in [-0.1, -0.05) is 60.7 Å². The Morgan fingerprint density at radius 2 is 1.42 bits per heavy atom. The predicted octanol–water partition coefficient (Wildman–Crippen LogP) is 6.41. The first-order chi connectivity index (χ1) is 16.0. The zero-order valence-electron chi connectivity index (χ0n) is 20.3. The number of hydrogen-bond donors (Lipinski definition) is 1. The van der Waals surface area contributed by atoms with E-state index in [1.54, 1.807) is 7.11 Å². The van der Waals surface area contributed by atoms with E-state index in [1.807, 2.05) is 0 Å². The lowest BCUT2D eigenvalue weighted by Gasteiger charge is -2.61. The molecule has 0 spiro atoms. The molecule has 3 fully saturated rings. The second-order valence-corrected chi connectivity index (χ2v) is 10.1. The summed E-state index contributed by atoms with van der Waals surface area (Å²) in [7, 11) is 1.78. The van der Waals surface area contributed by atoms with E-state index in [4.69, 9.17) is 4.74 Å². The standard InChI is InChI=1S/C30H36N2O/c1-21-19-26(27(33-4)20-22(21)2)31-29-25-15-17-32(18-16-25)30(29,3)28(23-11-7-5-8-12-23)24-13-9-6-10-14-24/h5-14,19-20,25,28-29,31H,15-18H2,1-4H3/t29-,30-/m0/s1. The number of rotatable bonds is 6. The lowest BCUT2D eigenvalue weighted by molar-refractivity contribution is -0.0401. The molecule has 3 aliphatic rings. The number of piperidine rings is 3. The Morgan fingerprint density at radius 1 is 0.879 bits per heavy atom. The van der Waals surface area contributed by atoms with E-state index in [2.05, 4.69) is 104 Å². The summed E-state index contributed by atoms with van der Waals surface area (Å²) in [6.45, 7) is 9.17. The molecule has 2 bridgehead atoms. The van der Waals surface area contributed by atoms with E-state index < -0.39 is 0 Å². The Morgan fingerprint density at radius 3 is 1.97 bits per heavy atom. The largest absolute Gasteiger partial charge is 0.495 e. The van der Waals surface area contributed by atoms with Crippen molar-refractivity contribution in [1.82, 2.24) is 4.90 Å². The molecule has 1 N–H and O–H groups in total. The molecule has 3 heterocycles. The fourth-order valence-corrected chi connectivity index (χ4v) is 6.41. The lowest BCUT2D eigenvalue weighted by Crippen LogP contribution is -2.70. The van der Waals surface area contributed by atoms with Gasteiger partial charge in [0.25, 0.3) is 0 Å². The maximum atomic E-state index is 5.82. The summed E-state index contributed by atoms with van der Waals surface area (Å²) in [5, 5.41) is 4.04. The summed E-state index contributed by atoms with van der Waals surface area (Å²) < 4.78 is 5.82. The first-order valence-corrected chi connectivity index (χ1v) is 12.3. The van der Waals surface area contributed by atoms with Crippen molar-refractivity contribution in [3.05, 3.63) is 95.1 Å². The summed E-state index contributed by atoms with van der Waals surface area (Å²) in [6.07, 6.45) is 2.49. The van der Waals surface area contributed by atoms with Crippen LogP contribution >= 0.6 is 0 Å². The second kappa shape index (κ2) is 8.87. The first-order valence-electron chi connectivity index (χ1n) is 12.3. The van der Waals surface area contributed by atoms with Gasteiger partial charge in [-0.15, -0.1) is 0 Å². The SMILES string of the molecule is COc1cc(C)c(C)cc1N[C@H]1C2CCN(CC2)[C@@]1(C)C(c1ccccc1)c1ccccc1. The van der Waals surface area contributed by atoms with Crippen LogP contribution in [0, 0.1) is 19.8 Å². The normalized spacial score (nSPS) is 26.4. The van der Waals surface area contributed by atoms with Crippen molar-refractivity contribution >= 4 is 5.69 Å². The summed E-state index contributed by atoms with van der Waals surface area (Å²) in [5.74, 6) is 1.85. The molecular weight excluding hydrogens is 404 g/mol. The third kappa shape index (κ3) is 3.83. The van der Waals surface area contributed by atoms with Crippen LogP contribution in [0.1, 0.15) is 47.9 Å². The second-order valence-electron chi connectivity index (χ2n) is 10.1. The molecule has 3 saturated heterocycles. The van der Waals surface area contributed by atoms with Gasteiger partial charge in [0.05, 0.1) is 12.8 Å². The highest BCUT2D eigenvalue weighted by Gasteiger charge is 2.55. The minimum absolute atomic E-state index is 0.0618. The Bertz CT molecular complexity index is 1050. The molecule has 6 rings (SSSR count). The number of anilines is 1. The summed E-state index contributed by atoms with van der Waals surface area (Å²) >= 11 is 0. The van der Waals surface area contributed by atoms with Gasteiger partial charge in [0.1, 0.15) is 5.75 Å². The van der Waals surface area contributed by atoms with E-state index in [0.717, 1.165) is 11.4 Å². The average Bonchev–Trinajstić information content (AvgIpc) is 2.85. The van der Waals surface area contributed by atoms with Gasteiger partial charge >= 0.3 is 0 Å². The average molecular weight is 441 g/mol. The highest BCUT2D eigenvalue weighted by molar-refractivity contribution is 5.61. The van der Waals surface area contributed by atoms with Gasteiger partial charge in [0, 0.05) is 17.5 Å². The third-order valence-corrected chi connectivity index (χ3v) is 8.30. The zero-order chi connectivity index (χ0) is 23.0. The first kappa shape index (κ1) is 22.0. The van der Waals surface area contributed by atoms with Gasteiger partial charge < -0.3 is 10.1 Å². The molecule has 0 radical (unpaired) electrons. The van der Waals surface area contributed by atoms with Crippen LogP contribution in [-0.2, 0) is 0 Å². The summed E-state index contributed by atoms with van der Waals surface area (Å²) in [5.41, 5.74) is 6.39. The molecule has 0 aliphatic carbocycles. The number of ether oxygens (including phenoxy) is 1. The number of aryl methyl sites for hydroxylation is 2. The van der Waals surface area contributed by atoms with E-state index >= 15 is 0 Å². The molecule has 3 aromatic carbocycles. The topological polar surface area (TPSA) is 24.5 Å². The van der Waals surface area contributed by atoms with Crippen molar-refractivity contribution in [1.29, 1.82) is 0 Å². The van der Waals surface area contributed by atoms with Gasteiger partial charge in [0.15, 0.2) is 0 Å². The van der Waals surface area contributed by atoms with Crippen LogP contribution in [-0.4, -0.2) is 36.7 Å². The van der Waals surface area contributed by atoms with Crippen molar-refractivity contribution in [2.45, 2.75) is 51.1 Å². The van der Waals surface area contributed by atoms with Crippen LogP contribution in [0.4, 0.5) is 5.69 Å². The van der Waals surface area contributed by atoms with Crippen molar-refractivity contribution in [2.24, 2.45) is 5.92 Å². The van der Waals surface area contributed by atoms with E-state index in [-0.39, 0.29) is 11.5 Å². The Kier molecular flexibility index (Phi) is 5.92. The Balaban J connectivity index is 1.64. The van der Waals surface area contributed by atoms with E-state index in [1.165, 1.54) is 48.2 Å². The lowest BCUT2D eigenvalue weighted by atomic mass is 9.62.